The Bertz CT molecular complexity index is 3720. The van der Waals surface area contributed by atoms with Crippen molar-refractivity contribution in [1.29, 1.82) is 0 Å². The highest BCUT2D eigenvalue weighted by atomic mass is 127. The summed E-state index contributed by atoms with van der Waals surface area (Å²) in [7, 11) is -0.329. The van der Waals surface area contributed by atoms with Gasteiger partial charge in [-0.15, -0.1) is 0 Å². The number of nitrogen functional groups attached to an aromatic ring is 2. The second kappa shape index (κ2) is 30.9. The van der Waals surface area contributed by atoms with Crippen molar-refractivity contribution in [1.82, 2.24) is 68.7 Å². The van der Waals surface area contributed by atoms with Crippen molar-refractivity contribution in [2.24, 2.45) is 11.5 Å². The maximum atomic E-state index is 12.8. The summed E-state index contributed by atoms with van der Waals surface area (Å²) < 4.78 is 56.7. The Hall–Kier alpha value is -7.65. The Balaban J connectivity index is 0.000000164. The lowest BCUT2D eigenvalue weighted by molar-refractivity contribution is -0.0286. The minimum absolute atomic E-state index is 0. The van der Waals surface area contributed by atoms with E-state index in [0.717, 1.165) is 119 Å². The summed E-state index contributed by atoms with van der Waals surface area (Å²) in [6.45, 7) is 27.1. The highest BCUT2D eigenvalue weighted by Gasteiger charge is 2.52. The van der Waals surface area contributed by atoms with Crippen LogP contribution in [0.1, 0.15) is 111 Å². The van der Waals surface area contributed by atoms with Crippen molar-refractivity contribution in [2.75, 3.05) is 73.9 Å². The molecule has 29 heteroatoms. The number of halogens is 4. The molecule has 0 bridgehead atoms. The minimum Gasteiger partial charge on any atom is -1.00 e. The lowest BCUT2D eigenvalue weighted by Crippen LogP contribution is -3.00. The largest absolute Gasteiger partial charge is 1.00 e. The Labute approximate surface area is 561 Å². The van der Waals surface area contributed by atoms with E-state index in [4.69, 9.17) is 41.7 Å². The lowest BCUT2D eigenvalue weighted by atomic mass is 9.82. The molecule has 11 heterocycles. The molecule has 8 aromatic heterocycles. The van der Waals surface area contributed by atoms with E-state index in [0.29, 0.717) is 12.1 Å². The highest BCUT2D eigenvalue weighted by Crippen LogP contribution is 2.37. The third kappa shape index (κ3) is 16.6. The van der Waals surface area contributed by atoms with Gasteiger partial charge in [0.15, 0.2) is 11.6 Å². The SMILES string of the molecule is C.CC1(C)OB(c2cnn(C3COC3)c2)OC1(C)C.CCN(CC)c1ncnn2cc(-c3cnn(C4COC4)c3)cc12.CCN(CC)c1ncnn2cc(Br)cc12.C[C@](N)(c1ccc(F)cc1)c1cnc(N)nc1.C[C@](N)(c1ccc(F)cc1)c1cnc(N)nc1.[I-]. The number of nitrogens with two attached hydrogens (primary N) is 4. The molecule has 0 radical (unpaired) electrons. The predicted octanol–water partition coefficient (Wildman–Crippen LogP) is 5.58. The number of aromatic nitrogens is 14. The van der Waals surface area contributed by atoms with Crippen LogP contribution in [-0.4, -0.2) is 140 Å². The molecular weight excluding hydrogens is 1360 g/mol. The monoisotopic (exact) mass is 1440 g/mol. The van der Waals surface area contributed by atoms with Gasteiger partial charge in [-0.2, -0.15) is 20.4 Å². The first-order valence-corrected chi connectivity index (χ1v) is 30.4. The van der Waals surface area contributed by atoms with Crippen LogP contribution >= 0.6 is 15.9 Å². The number of anilines is 4. The van der Waals surface area contributed by atoms with Crippen LogP contribution in [-0.2, 0) is 29.9 Å². The molecule has 10 aromatic rings. The predicted molar refractivity (Wildman–Crippen MR) is 353 cm³/mol. The Morgan fingerprint density at radius 3 is 1.37 bits per heavy atom. The Kier molecular flexibility index (Phi) is 24.1. The third-order valence-corrected chi connectivity index (χ3v) is 16.8. The summed E-state index contributed by atoms with van der Waals surface area (Å²) in [6.07, 6.45) is 21.3. The van der Waals surface area contributed by atoms with Crippen LogP contribution in [0.15, 0.2) is 140 Å². The van der Waals surface area contributed by atoms with E-state index >= 15 is 0 Å². The highest BCUT2D eigenvalue weighted by molar-refractivity contribution is 9.10. The van der Waals surface area contributed by atoms with E-state index < -0.39 is 11.1 Å². The van der Waals surface area contributed by atoms with Crippen LogP contribution in [0.3, 0.4) is 0 Å². The molecule has 0 amide bonds. The molecule has 92 heavy (non-hydrogen) atoms. The van der Waals surface area contributed by atoms with E-state index in [1.54, 1.807) is 61.7 Å². The van der Waals surface area contributed by atoms with Crippen LogP contribution < -0.4 is 62.2 Å². The molecule has 0 unspecified atom stereocenters. The molecule has 0 aliphatic carbocycles. The first-order valence-electron chi connectivity index (χ1n) is 29.6. The van der Waals surface area contributed by atoms with Gasteiger partial charge in [-0.3, -0.25) is 9.36 Å². The maximum Gasteiger partial charge on any atom is 0.498 e. The zero-order chi connectivity index (χ0) is 64.5. The zero-order valence-electron chi connectivity index (χ0n) is 52.7. The molecule has 3 aliphatic rings. The summed E-state index contributed by atoms with van der Waals surface area (Å²) in [6, 6.07) is 17.0. The van der Waals surface area contributed by atoms with Gasteiger partial charge in [0.1, 0.15) is 35.3 Å². The van der Waals surface area contributed by atoms with Crippen LogP contribution in [0.4, 0.5) is 32.3 Å². The van der Waals surface area contributed by atoms with Gasteiger partial charge < -0.3 is 75.5 Å². The molecular formula is C63H82BBrF2IN20O4-. The van der Waals surface area contributed by atoms with E-state index in [1.807, 2.05) is 69.3 Å². The average molecular weight is 1440 g/mol. The van der Waals surface area contributed by atoms with Crippen LogP contribution in [0, 0.1) is 11.6 Å². The normalized spacial score (nSPS) is 16.0. The van der Waals surface area contributed by atoms with E-state index in [1.165, 1.54) is 24.3 Å². The molecule has 8 N–H and O–H groups in total. The molecule has 3 fully saturated rings. The molecule has 0 saturated carbocycles. The first kappa shape index (κ1) is 71.8. The molecule has 0 spiro atoms. The zero-order valence-corrected chi connectivity index (χ0v) is 56.4. The van der Waals surface area contributed by atoms with Gasteiger partial charge in [-0.25, -0.2) is 47.7 Å². The topological polar surface area (TPSA) is 295 Å². The van der Waals surface area contributed by atoms with E-state index in [9.17, 15) is 8.78 Å². The smallest absolute Gasteiger partial charge is 0.498 e. The fourth-order valence-corrected chi connectivity index (χ4v) is 10.1. The molecule has 3 saturated heterocycles. The fraction of sp³-hybridized carbons (Fsp3) is 0.397. The van der Waals surface area contributed by atoms with Gasteiger partial charge in [0.2, 0.25) is 11.9 Å². The van der Waals surface area contributed by atoms with Gasteiger partial charge >= 0.3 is 7.12 Å². The number of hydrogen-bond acceptors (Lipinski definition) is 20. The molecule has 24 nitrogen and oxygen atoms in total. The second-order valence-electron chi connectivity index (χ2n) is 23.1. The molecule has 13 rings (SSSR count). The first-order chi connectivity index (χ1) is 42.9. The summed E-state index contributed by atoms with van der Waals surface area (Å²) >= 11 is 3.44. The van der Waals surface area contributed by atoms with E-state index in [2.05, 4.69) is 144 Å². The molecule has 2 aromatic carbocycles. The average Bonchev–Trinajstić information content (AvgIpc) is 1.64. The molecule has 2 atom stereocenters. The van der Waals surface area contributed by atoms with Crippen molar-refractivity contribution in [3.63, 3.8) is 0 Å². The van der Waals surface area contributed by atoms with Crippen molar-refractivity contribution < 1.29 is 51.5 Å². The third-order valence-electron chi connectivity index (χ3n) is 16.4. The fourth-order valence-electron chi connectivity index (χ4n) is 9.72. The standard InChI is InChI=1S/C16H20N6O.C12H19BN2O3.2C12H13FN4.C10H13BrN4.CH4.HI/c1-3-20(4-2)16-15-5-12(7-22(15)19-11-17-16)13-6-18-21(8-13)14-9-23-10-14;1-11(2)12(3,4)18-13(17-11)9-5-14-15(6-9)10-7-16-8-10;2*1-12(15,8-2-4-10(13)5-3-8)9-6-16-11(14)17-7-9;1-3-14(4-2)10-9-5-8(11)6-15(9)13-7-12-10;;/h5-8,11,14H,3-4,9-10H2,1-2H3;5-6,10H,7-8H2,1-4H3;2*2-7H,15H2,1H3,(H2,14,16,17);5-7H,3-4H2,1-2H3;1H4;1H/p-1/t;;2*12-;;;/m..00.../s1. The Morgan fingerprint density at radius 1 is 0.554 bits per heavy atom. The van der Waals surface area contributed by atoms with Crippen LogP contribution in [0.25, 0.3) is 22.2 Å². The number of rotatable bonds is 14. The van der Waals surface area contributed by atoms with Gasteiger partial charge in [-0.05, 0) is 133 Å². The van der Waals surface area contributed by atoms with Crippen molar-refractivity contribution >= 4 is 63.1 Å². The number of nitrogens with zero attached hydrogens (tertiary/aromatic N) is 16. The lowest BCUT2D eigenvalue weighted by Gasteiger charge is -2.32. The van der Waals surface area contributed by atoms with Gasteiger partial charge in [0.25, 0.3) is 0 Å². The van der Waals surface area contributed by atoms with E-state index in [-0.39, 0.29) is 73.3 Å². The van der Waals surface area contributed by atoms with Gasteiger partial charge in [0, 0.05) is 114 Å². The minimum atomic E-state index is -0.776. The molecule has 3 aliphatic heterocycles. The van der Waals surface area contributed by atoms with Crippen LogP contribution in [0.5, 0.6) is 0 Å². The number of fused-ring (bicyclic) bond motifs is 2. The van der Waals surface area contributed by atoms with Crippen LogP contribution in [0.2, 0.25) is 0 Å². The number of hydrogen-bond donors (Lipinski definition) is 4. The van der Waals surface area contributed by atoms with Crippen molar-refractivity contribution in [3.8, 4) is 11.1 Å². The van der Waals surface area contributed by atoms with Gasteiger partial charge in [0.05, 0.1) is 67.0 Å². The number of ether oxygens (including phenoxy) is 2. The summed E-state index contributed by atoms with van der Waals surface area (Å²) in [4.78, 5) is 28.9. The second-order valence-corrected chi connectivity index (χ2v) is 24.0. The summed E-state index contributed by atoms with van der Waals surface area (Å²) in [5, 5.41) is 17.3. The maximum absolute atomic E-state index is 12.8. The number of benzene rings is 2. The van der Waals surface area contributed by atoms with Crippen molar-refractivity contribution in [3.05, 3.63) is 174 Å². The summed E-state index contributed by atoms with van der Waals surface area (Å²) in [5.41, 5.74) is 29.3. The Morgan fingerprint density at radius 2 is 0.957 bits per heavy atom. The quantitative estimate of drug-likeness (QED) is 0.0763. The van der Waals surface area contributed by atoms with Gasteiger partial charge in [-0.1, -0.05) is 31.7 Å². The molecule has 490 valence electrons. The summed E-state index contributed by atoms with van der Waals surface area (Å²) in [5.74, 6) is 1.76. The van der Waals surface area contributed by atoms with Crippen molar-refractivity contribution in [2.45, 2.75) is 111 Å².